The second-order valence-electron chi connectivity index (χ2n) is 8.09. The van der Waals surface area contributed by atoms with E-state index in [1.165, 1.54) is 19.3 Å². The van der Waals surface area contributed by atoms with Crippen LogP contribution in [-0.4, -0.2) is 18.5 Å². The largest absolute Gasteiger partial charge is 0.462 e. The molecule has 0 aliphatic heterocycles. The second-order valence-corrected chi connectivity index (χ2v) is 8.09. The fourth-order valence-electron chi connectivity index (χ4n) is 3.51. The zero-order valence-electron chi connectivity index (χ0n) is 19.7. The summed E-state index contributed by atoms with van der Waals surface area (Å²) in [6.45, 7) is 2.59. The molecule has 0 saturated heterocycles. The van der Waals surface area contributed by atoms with E-state index in [1.807, 2.05) is 54.6 Å². The lowest BCUT2D eigenvalue weighted by atomic mass is 10.1. The highest BCUT2D eigenvalue weighted by molar-refractivity contribution is 6.03. The van der Waals surface area contributed by atoms with E-state index in [9.17, 15) is 9.59 Å². The molecular weight excluding hydrogens is 428 g/mol. The summed E-state index contributed by atoms with van der Waals surface area (Å²) in [5.74, 6) is 0.310. The predicted molar refractivity (Wildman–Crippen MR) is 132 cm³/mol. The molecule has 5 nitrogen and oxygen atoms in total. The van der Waals surface area contributed by atoms with Crippen molar-refractivity contribution in [2.45, 2.75) is 52.1 Å². The third-order valence-corrected chi connectivity index (χ3v) is 5.35. The van der Waals surface area contributed by atoms with Gasteiger partial charge in [-0.1, -0.05) is 81.5 Å². The minimum Gasteiger partial charge on any atom is -0.462 e. The van der Waals surface area contributed by atoms with Crippen LogP contribution >= 0.6 is 0 Å². The lowest BCUT2D eigenvalue weighted by Gasteiger charge is -2.11. The Labute approximate surface area is 201 Å². The van der Waals surface area contributed by atoms with Gasteiger partial charge in [0.2, 0.25) is 0 Å². The van der Waals surface area contributed by atoms with Gasteiger partial charge in [0, 0.05) is 0 Å². The van der Waals surface area contributed by atoms with E-state index in [1.54, 1.807) is 24.3 Å². The average molecular weight is 461 g/mol. The molecule has 0 aliphatic rings. The number of benzene rings is 3. The van der Waals surface area contributed by atoms with Crippen LogP contribution in [0.5, 0.6) is 11.5 Å². The maximum Gasteiger partial charge on any atom is 0.339 e. The predicted octanol–water partition coefficient (Wildman–Crippen LogP) is 7.35. The van der Waals surface area contributed by atoms with Crippen molar-refractivity contribution in [1.29, 1.82) is 0 Å². The maximum absolute atomic E-state index is 12.7. The van der Waals surface area contributed by atoms with E-state index < -0.39 is 11.9 Å². The number of ether oxygens (including phenoxy) is 3. The van der Waals surface area contributed by atoms with E-state index >= 15 is 0 Å². The SMILES string of the molecule is CCCCCCCCOC(=O)c1ccccc1C(=O)OCc1cccc(Oc2ccccc2)c1. The first kappa shape index (κ1) is 25.0. The van der Waals surface area contributed by atoms with Crippen molar-refractivity contribution < 1.29 is 23.8 Å². The molecule has 0 atom stereocenters. The number of carbonyl (C=O) groups is 2. The molecule has 5 heteroatoms. The van der Waals surface area contributed by atoms with Crippen LogP contribution in [0.4, 0.5) is 0 Å². The molecule has 34 heavy (non-hydrogen) atoms. The van der Waals surface area contributed by atoms with Gasteiger partial charge >= 0.3 is 11.9 Å². The van der Waals surface area contributed by atoms with Crippen LogP contribution in [0.1, 0.15) is 71.7 Å². The van der Waals surface area contributed by atoms with Crippen LogP contribution in [0.3, 0.4) is 0 Å². The van der Waals surface area contributed by atoms with E-state index in [4.69, 9.17) is 14.2 Å². The summed E-state index contributed by atoms with van der Waals surface area (Å²) in [5, 5.41) is 0. The highest BCUT2D eigenvalue weighted by Gasteiger charge is 2.19. The van der Waals surface area contributed by atoms with Crippen molar-refractivity contribution in [2.24, 2.45) is 0 Å². The van der Waals surface area contributed by atoms with Gasteiger partial charge < -0.3 is 14.2 Å². The molecule has 0 spiro atoms. The molecule has 0 bridgehead atoms. The summed E-state index contributed by atoms with van der Waals surface area (Å²) in [6.07, 6.45) is 6.65. The molecular formula is C29H32O5. The number of carbonyl (C=O) groups excluding carboxylic acids is 2. The lowest BCUT2D eigenvalue weighted by molar-refractivity contribution is 0.0436. The molecule has 3 aromatic carbocycles. The third-order valence-electron chi connectivity index (χ3n) is 5.35. The first-order chi connectivity index (χ1) is 16.7. The first-order valence-corrected chi connectivity index (χ1v) is 11.9. The van der Waals surface area contributed by atoms with Crippen molar-refractivity contribution in [3.63, 3.8) is 0 Å². The zero-order chi connectivity index (χ0) is 24.0. The Kier molecular flexibility index (Phi) is 10.2. The Morgan fingerprint density at radius 2 is 1.26 bits per heavy atom. The smallest absolute Gasteiger partial charge is 0.339 e. The summed E-state index contributed by atoms with van der Waals surface area (Å²) < 4.78 is 16.7. The molecule has 0 unspecified atom stereocenters. The number of rotatable bonds is 13. The van der Waals surface area contributed by atoms with Crippen LogP contribution in [-0.2, 0) is 16.1 Å². The topological polar surface area (TPSA) is 61.8 Å². The Balaban J connectivity index is 1.52. The second kappa shape index (κ2) is 13.8. The van der Waals surface area contributed by atoms with Crippen molar-refractivity contribution in [3.8, 4) is 11.5 Å². The molecule has 178 valence electrons. The van der Waals surface area contributed by atoms with Crippen LogP contribution in [0.2, 0.25) is 0 Å². The zero-order valence-corrected chi connectivity index (χ0v) is 19.7. The van der Waals surface area contributed by atoms with E-state index in [0.717, 1.165) is 30.6 Å². The van der Waals surface area contributed by atoms with Crippen molar-refractivity contribution in [1.82, 2.24) is 0 Å². The molecule has 0 aliphatic carbocycles. The molecule has 0 N–H and O–H groups in total. The van der Waals surface area contributed by atoms with E-state index in [0.29, 0.717) is 12.4 Å². The summed E-state index contributed by atoms with van der Waals surface area (Å²) >= 11 is 0. The number of unbranched alkanes of at least 4 members (excludes halogenated alkanes) is 5. The van der Waals surface area contributed by atoms with Crippen LogP contribution in [0.25, 0.3) is 0 Å². The molecule has 0 amide bonds. The Hall–Kier alpha value is -3.60. The van der Waals surface area contributed by atoms with Gasteiger partial charge in [0.1, 0.15) is 18.1 Å². The quantitative estimate of drug-likeness (QED) is 0.197. The summed E-state index contributed by atoms with van der Waals surface area (Å²) in [5.41, 5.74) is 1.21. The van der Waals surface area contributed by atoms with Crippen LogP contribution in [0, 0.1) is 0 Å². The third kappa shape index (κ3) is 8.07. The lowest BCUT2D eigenvalue weighted by Crippen LogP contribution is -2.14. The van der Waals surface area contributed by atoms with Gasteiger partial charge in [-0.15, -0.1) is 0 Å². The molecule has 0 radical (unpaired) electrons. The Morgan fingerprint density at radius 3 is 2.00 bits per heavy atom. The van der Waals surface area contributed by atoms with E-state index in [2.05, 4.69) is 6.92 Å². The van der Waals surface area contributed by atoms with Crippen molar-refractivity contribution in [2.75, 3.05) is 6.61 Å². The minimum atomic E-state index is -0.568. The highest BCUT2D eigenvalue weighted by Crippen LogP contribution is 2.22. The highest BCUT2D eigenvalue weighted by atomic mass is 16.5. The Bertz CT molecular complexity index is 1050. The number of esters is 2. The van der Waals surface area contributed by atoms with Gasteiger partial charge in [-0.25, -0.2) is 9.59 Å². The van der Waals surface area contributed by atoms with Gasteiger partial charge in [-0.05, 0) is 48.4 Å². The minimum absolute atomic E-state index is 0.0615. The van der Waals surface area contributed by atoms with Gasteiger partial charge in [0.05, 0.1) is 17.7 Å². The summed E-state index contributed by atoms with van der Waals surface area (Å²) in [4.78, 5) is 25.3. The molecule has 0 aromatic heterocycles. The fraction of sp³-hybridized carbons (Fsp3) is 0.310. The summed E-state index contributed by atoms with van der Waals surface area (Å²) in [7, 11) is 0. The van der Waals surface area contributed by atoms with Crippen LogP contribution < -0.4 is 4.74 Å². The standard InChI is InChI=1S/C29H32O5/c1-2-3-4-5-6-12-20-32-28(30)26-18-10-11-19-27(26)29(31)33-22-23-14-13-17-25(21-23)34-24-15-8-7-9-16-24/h7-11,13-19,21H,2-6,12,20,22H2,1H3. The molecule has 0 heterocycles. The molecule has 0 saturated carbocycles. The van der Waals surface area contributed by atoms with Crippen molar-refractivity contribution in [3.05, 3.63) is 95.6 Å². The van der Waals surface area contributed by atoms with Gasteiger partial charge in [-0.3, -0.25) is 0 Å². The first-order valence-electron chi connectivity index (χ1n) is 11.9. The van der Waals surface area contributed by atoms with Gasteiger partial charge in [0.15, 0.2) is 0 Å². The fourth-order valence-corrected chi connectivity index (χ4v) is 3.51. The molecule has 3 aromatic rings. The maximum atomic E-state index is 12.7. The Morgan fingerprint density at radius 1 is 0.647 bits per heavy atom. The number of para-hydroxylation sites is 1. The normalized spacial score (nSPS) is 10.5. The molecule has 0 fully saturated rings. The average Bonchev–Trinajstić information content (AvgIpc) is 2.87. The monoisotopic (exact) mass is 460 g/mol. The van der Waals surface area contributed by atoms with Crippen molar-refractivity contribution >= 4 is 11.9 Å². The summed E-state index contributed by atoms with van der Waals surface area (Å²) in [6, 6.07) is 23.4. The van der Waals surface area contributed by atoms with E-state index in [-0.39, 0.29) is 17.7 Å². The van der Waals surface area contributed by atoms with Gasteiger partial charge in [-0.2, -0.15) is 0 Å². The number of hydrogen-bond donors (Lipinski definition) is 0. The van der Waals surface area contributed by atoms with Gasteiger partial charge in [0.25, 0.3) is 0 Å². The van der Waals surface area contributed by atoms with Crippen LogP contribution in [0.15, 0.2) is 78.9 Å². The molecule has 3 rings (SSSR count). The number of hydrogen-bond acceptors (Lipinski definition) is 5.